The van der Waals surface area contributed by atoms with Crippen molar-refractivity contribution in [3.8, 4) is 0 Å². The lowest BCUT2D eigenvalue weighted by Crippen LogP contribution is -2.36. The predicted molar refractivity (Wildman–Crippen MR) is 102 cm³/mol. The Balaban J connectivity index is 1.52. The lowest BCUT2D eigenvalue weighted by atomic mass is 9.97. The second-order valence-corrected chi connectivity index (χ2v) is 7.62. The van der Waals surface area contributed by atoms with E-state index in [0.29, 0.717) is 0 Å². The lowest BCUT2D eigenvalue weighted by Gasteiger charge is -2.31. The van der Waals surface area contributed by atoms with E-state index in [-0.39, 0.29) is 0 Å². The number of aryl methyl sites for hydroxylation is 3. The Morgan fingerprint density at radius 2 is 2.08 bits per heavy atom. The average molecular weight is 331 g/mol. The second kappa shape index (κ2) is 5.99. The zero-order valence-corrected chi connectivity index (χ0v) is 14.9. The summed E-state index contributed by atoms with van der Waals surface area (Å²) in [5, 5.41) is 1.48. The van der Waals surface area contributed by atoms with Crippen LogP contribution in [0.4, 0.5) is 0 Å². The van der Waals surface area contributed by atoms with Crippen molar-refractivity contribution in [2.45, 2.75) is 51.7 Å². The van der Waals surface area contributed by atoms with E-state index < -0.39 is 0 Å². The van der Waals surface area contributed by atoms with Crippen LogP contribution < -0.4 is 0 Å². The zero-order chi connectivity index (χ0) is 16.8. The molecule has 3 heteroatoms. The first-order chi connectivity index (χ1) is 12.3. The fourth-order valence-electron chi connectivity index (χ4n) is 4.74. The van der Waals surface area contributed by atoms with Crippen LogP contribution in [0.1, 0.15) is 35.4 Å². The standard InChI is InChI=1S/C22H25N3/c1-16-8-9-17(14-23-16)10-12-25-21-7-3-2-6-19(21)20-13-18-5-4-11-24(18)15-22(20)25/h2-3,6-9,14,18H,4-5,10-13,15H2,1H3. The van der Waals surface area contributed by atoms with Gasteiger partial charge in [-0.3, -0.25) is 9.88 Å². The van der Waals surface area contributed by atoms with Crippen molar-refractivity contribution < 1.29 is 0 Å². The van der Waals surface area contributed by atoms with Crippen LogP contribution in [-0.2, 0) is 25.9 Å². The van der Waals surface area contributed by atoms with E-state index in [1.165, 1.54) is 42.3 Å². The summed E-state index contributed by atoms with van der Waals surface area (Å²) in [6.07, 6.45) is 7.04. The van der Waals surface area contributed by atoms with Crippen LogP contribution in [0.15, 0.2) is 42.6 Å². The summed E-state index contributed by atoms with van der Waals surface area (Å²) in [7, 11) is 0. The highest BCUT2D eigenvalue weighted by molar-refractivity contribution is 5.86. The van der Waals surface area contributed by atoms with Gasteiger partial charge in [-0.25, -0.2) is 0 Å². The van der Waals surface area contributed by atoms with Crippen molar-refractivity contribution in [1.29, 1.82) is 0 Å². The second-order valence-electron chi connectivity index (χ2n) is 7.62. The first-order valence-corrected chi connectivity index (χ1v) is 9.54. The van der Waals surface area contributed by atoms with E-state index in [4.69, 9.17) is 0 Å². The third-order valence-corrected chi connectivity index (χ3v) is 6.08. The third-order valence-electron chi connectivity index (χ3n) is 6.08. The largest absolute Gasteiger partial charge is 0.343 e. The summed E-state index contributed by atoms with van der Waals surface area (Å²) >= 11 is 0. The molecule has 4 heterocycles. The van der Waals surface area contributed by atoms with Crippen LogP contribution in [0, 0.1) is 6.92 Å². The zero-order valence-electron chi connectivity index (χ0n) is 14.9. The monoisotopic (exact) mass is 331 g/mol. The van der Waals surface area contributed by atoms with E-state index in [0.717, 1.165) is 31.2 Å². The van der Waals surface area contributed by atoms with Gasteiger partial charge in [0.1, 0.15) is 0 Å². The minimum absolute atomic E-state index is 0.771. The molecule has 1 atom stereocenters. The van der Waals surface area contributed by atoms with Gasteiger partial charge >= 0.3 is 0 Å². The summed E-state index contributed by atoms with van der Waals surface area (Å²) in [5.41, 5.74) is 6.99. The molecular weight excluding hydrogens is 306 g/mol. The first-order valence-electron chi connectivity index (χ1n) is 9.54. The number of aromatic nitrogens is 2. The molecule has 5 rings (SSSR count). The fraction of sp³-hybridized carbons (Fsp3) is 0.409. The summed E-state index contributed by atoms with van der Waals surface area (Å²) in [6.45, 7) is 5.49. The highest BCUT2D eigenvalue weighted by atomic mass is 15.2. The van der Waals surface area contributed by atoms with Crippen LogP contribution in [0.3, 0.4) is 0 Å². The molecule has 2 aliphatic heterocycles. The number of hydrogen-bond acceptors (Lipinski definition) is 2. The molecule has 0 amide bonds. The van der Waals surface area contributed by atoms with Crippen molar-refractivity contribution in [1.82, 2.24) is 14.5 Å². The molecule has 0 N–H and O–H groups in total. The summed E-state index contributed by atoms with van der Waals surface area (Å²) < 4.78 is 2.58. The molecule has 1 fully saturated rings. The third kappa shape index (κ3) is 2.58. The molecule has 128 valence electrons. The number of rotatable bonds is 3. The van der Waals surface area contributed by atoms with Gasteiger partial charge in [-0.15, -0.1) is 0 Å². The quantitative estimate of drug-likeness (QED) is 0.720. The van der Waals surface area contributed by atoms with Crippen LogP contribution in [0.2, 0.25) is 0 Å². The highest BCUT2D eigenvalue weighted by Gasteiger charge is 2.33. The molecule has 1 unspecified atom stereocenters. The summed E-state index contributed by atoms with van der Waals surface area (Å²) in [6, 6.07) is 14.1. The highest BCUT2D eigenvalue weighted by Crippen LogP contribution is 2.36. The average Bonchev–Trinajstić information content (AvgIpc) is 3.22. The Morgan fingerprint density at radius 3 is 2.96 bits per heavy atom. The molecule has 2 aromatic heterocycles. The Labute approximate surface area is 149 Å². The topological polar surface area (TPSA) is 21.1 Å². The molecule has 0 saturated carbocycles. The Morgan fingerprint density at radius 1 is 1.16 bits per heavy atom. The molecule has 25 heavy (non-hydrogen) atoms. The minimum Gasteiger partial charge on any atom is -0.343 e. The van der Waals surface area contributed by atoms with E-state index in [1.807, 2.05) is 13.1 Å². The summed E-state index contributed by atoms with van der Waals surface area (Å²) in [4.78, 5) is 7.15. The number of pyridine rings is 1. The molecule has 3 nitrogen and oxygen atoms in total. The molecule has 0 radical (unpaired) electrons. The maximum Gasteiger partial charge on any atom is 0.0485 e. The van der Waals surface area contributed by atoms with Crippen molar-refractivity contribution >= 4 is 10.9 Å². The van der Waals surface area contributed by atoms with Crippen LogP contribution in [-0.4, -0.2) is 27.0 Å². The van der Waals surface area contributed by atoms with E-state index >= 15 is 0 Å². The SMILES string of the molecule is Cc1ccc(CCn2c3c(c4ccccc42)CC2CCCN2C3)cn1. The van der Waals surface area contributed by atoms with Gasteiger partial charge in [-0.05, 0) is 62.4 Å². The normalized spacial score (nSPS) is 20.0. The Hall–Kier alpha value is -2.13. The lowest BCUT2D eigenvalue weighted by molar-refractivity contribution is 0.221. The number of fused-ring (bicyclic) bond motifs is 4. The van der Waals surface area contributed by atoms with Crippen molar-refractivity contribution in [2.24, 2.45) is 0 Å². The predicted octanol–water partition coefficient (Wildman–Crippen LogP) is 4.11. The molecule has 3 aromatic rings. The van der Waals surface area contributed by atoms with Gasteiger partial charge in [0.2, 0.25) is 0 Å². The maximum absolute atomic E-state index is 4.45. The van der Waals surface area contributed by atoms with Crippen LogP contribution in [0.25, 0.3) is 10.9 Å². The van der Waals surface area contributed by atoms with Crippen LogP contribution >= 0.6 is 0 Å². The summed E-state index contributed by atoms with van der Waals surface area (Å²) in [5.74, 6) is 0. The van der Waals surface area contributed by atoms with Gasteiger partial charge in [0, 0.05) is 47.6 Å². The van der Waals surface area contributed by atoms with Crippen LogP contribution in [0.5, 0.6) is 0 Å². The molecule has 0 bridgehead atoms. The number of hydrogen-bond donors (Lipinski definition) is 0. The molecule has 0 spiro atoms. The number of nitrogens with zero attached hydrogens (tertiary/aromatic N) is 3. The van der Waals surface area contributed by atoms with Crippen molar-refractivity contribution in [3.63, 3.8) is 0 Å². The van der Waals surface area contributed by atoms with Gasteiger partial charge in [0.15, 0.2) is 0 Å². The van der Waals surface area contributed by atoms with Crippen molar-refractivity contribution in [2.75, 3.05) is 6.54 Å². The van der Waals surface area contributed by atoms with Gasteiger partial charge in [0.05, 0.1) is 0 Å². The van der Waals surface area contributed by atoms with Gasteiger partial charge < -0.3 is 4.57 Å². The Kier molecular flexibility index (Phi) is 3.63. The molecular formula is C22H25N3. The molecule has 0 aliphatic carbocycles. The maximum atomic E-state index is 4.45. The molecule has 1 saturated heterocycles. The minimum atomic E-state index is 0.771. The Bertz CT molecular complexity index is 907. The van der Waals surface area contributed by atoms with Gasteiger partial charge in [-0.1, -0.05) is 24.3 Å². The van der Waals surface area contributed by atoms with Crippen molar-refractivity contribution in [3.05, 3.63) is 65.1 Å². The number of para-hydroxylation sites is 1. The van der Waals surface area contributed by atoms with Gasteiger partial charge in [0.25, 0.3) is 0 Å². The first kappa shape index (κ1) is 15.2. The smallest absolute Gasteiger partial charge is 0.0485 e. The van der Waals surface area contributed by atoms with E-state index in [9.17, 15) is 0 Å². The van der Waals surface area contributed by atoms with E-state index in [1.54, 1.807) is 11.3 Å². The molecule has 2 aliphatic rings. The fourth-order valence-corrected chi connectivity index (χ4v) is 4.74. The van der Waals surface area contributed by atoms with Gasteiger partial charge in [-0.2, -0.15) is 0 Å². The van der Waals surface area contributed by atoms with E-state index in [2.05, 4.69) is 50.8 Å². The number of benzene rings is 1. The molecule has 1 aromatic carbocycles.